The largest absolute Gasteiger partial charge is 0.497 e. The topological polar surface area (TPSA) is 77.8 Å². The minimum absolute atomic E-state index is 0.0245. The molecule has 180 valence electrons. The molecule has 6 nitrogen and oxygen atoms in total. The summed E-state index contributed by atoms with van der Waals surface area (Å²) in [6, 6.07) is 21.6. The molecule has 1 heterocycles. The first-order valence-corrected chi connectivity index (χ1v) is 11.5. The van der Waals surface area contributed by atoms with E-state index in [9.17, 15) is 9.59 Å². The average Bonchev–Trinajstić information content (AvgIpc) is 3.21. The summed E-state index contributed by atoms with van der Waals surface area (Å²) in [7, 11) is 1.56. The van der Waals surface area contributed by atoms with Gasteiger partial charge in [0.1, 0.15) is 17.1 Å². The fourth-order valence-corrected chi connectivity index (χ4v) is 3.72. The van der Waals surface area contributed by atoms with Crippen LogP contribution in [0.25, 0.3) is 11.0 Å². The fourth-order valence-electron chi connectivity index (χ4n) is 3.72. The van der Waals surface area contributed by atoms with Crippen molar-refractivity contribution < 1.29 is 23.5 Å². The summed E-state index contributed by atoms with van der Waals surface area (Å²) in [6.45, 7) is 8.08. The Morgan fingerprint density at radius 2 is 1.51 bits per heavy atom. The molecule has 6 heteroatoms. The van der Waals surface area contributed by atoms with E-state index in [-0.39, 0.29) is 22.9 Å². The summed E-state index contributed by atoms with van der Waals surface area (Å²) in [5, 5.41) is 3.50. The number of para-hydroxylation sites is 1. The predicted molar refractivity (Wildman–Crippen MR) is 137 cm³/mol. The van der Waals surface area contributed by atoms with Crippen LogP contribution < -0.4 is 14.8 Å². The zero-order chi connectivity index (χ0) is 25.2. The molecule has 0 saturated heterocycles. The summed E-state index contributed by atoms with van der Waals surface area (Å²) in [5.41, 5.74) is 2.45. The number of ketones is 1. The molecule has 0 bridgehead atoms. The zero-order valence-corrected chi connectivity index (χ0v) is 20.5. The van der Waals surface area contributed by atoms with Crippen LogP contribution in [0.2, 0.25) is 0 Å². The van der Waals surface area contributed by atoms with Crippen molar-refractivity contribution in [2.45, 2.75) is 39.2 Å². The van der Waals surface area contributed by atoms with Crippen molar-refractivity contribution in [1.82, 2.24) is 0 Å². The van der Waals surface area contributed by atoms with E-state index in [1.807, 2.05) is 36.4 Å². The monoisotopic (exact) mass is 471 g/mol. The molecule has 0 aliphatic rings. The van der Waals surface area contributed by atoms with E-state index < -0.39 is 6.10 Å². The summed E-state index contributed by atoms with van der Waals surface area (Å²) >= 11 is 0. The van der Waals surface area contributed by atoms with E-state index in [1.54, 1.807) is 50.4 Å². The number of nitrogens with one attached hydrogen (secondary N) is 1. The van der Waals surface area contributed by atoms with Gasteiger partial charge >= 0.3 is 0 Å². The number of furan rings is 1. The van der Waals surface area contributed by atoms with E-state index >= 15 is 0 Å². The standard InChI is InChI=1S/C29H29NO5/c1-18(34-22-16-12-20(13-17-22)29(2,3)4)28(32)30-25-23-8-6-7-9-24(23)35-27(25)26(31)19-10-14-21(33-5)15-11-19/h6-18H,1-5H3,(H,30,32). The second-order valence-electron chi connectivity index (χ2n) is 9.38. The van der Waals surface area contributed by atoms with Gasteiger partial charge in [0.15, 0.2) is 11.9 Å². The quantitative estimate of drug-likeness (QED) is 0.317. The van der Waals surface area contributed by atoms with Crippen LogP contribution in [0.15, 0.2) is 77.2 Å². The van der Waals surface area contributed by atoms with Crippen LogP contribution in [0.4, 0.5) is 5.69 Å². The first-order chi connectivity index (χ1) is 16.7. The Bertz CT molecular complexity index is 1340. The van der Waals surface area contributed by atoms with Gasteiger partial charge in [-0.05, 0) is 66.4 Å². The number of carbonyl (C=O) groups is 2. The number of carbonyl (C=O) groups excluding carboxylic acids is 2. The molecular weight excluding hydrogens is 442 g/mol. The lowest BCUT2D eigenvalue weighted by Crippen LogP contribution is -2.30. The van der Waals surface area contributed by atoms with Crippen molar-refractivity contribution in [3.8, 4) is 11.5 Å². The summed E-state index contributed by atoms with van der Waals surface area (Å²) in [6.07, 6.45) is -0.798. The molecule has 0 spiro atoms. The summed E-state index contributed by atoms with van der Waals surface area (Å²) < 4.78 is 16.9. The lowest BCUT2D eigenvalue weighted by Gasteiger charge is -2.20. The number of fused-ring (bicyclic) bond motifs is 1. The zero-order valence-electron chi connectivity index (χ0n) is 20.5. The van der Waals surface area contributed by atoms with Gasteiger partial charge in [0.2, 0.25) is 5.78 Å². The van der Waals surface area contributed by atoms with Crippen LogP contribution in [-0.4, -0.2) is 24.9 Å². The maximum Gasteiger partial charge on any atom is 0.265 e. The van der Waals surface area contributed by atoms with Gasteiger partial charge in [0.25, 0.3) is 5.91 Å². The van der Waals surface area contributed by atoms with Crippen molar-refractivity contribution >= 4 is 28.3 Å². The van der Waals surface area contributed by atoms with Crippen LogP contribution in [-0.2, 0) is 10.2 Å². The molecule has 1 aromatic heterocycles. The van der Waals surface area contributed by atoms with E-state index in [2.05, 4.69) is 26.1 Å². The van der Waals surface area contributed by atoms with Crippen molar-refractivity contribution in [1.29, 1.82) is 0 Å². The molecule has 0 radical (unpaired) electrons. The molecule has 0 aliphatic heterocycles. The molecule has 0 saturated carbocycles. The number of rotatable bonds is 7. The lowest BCUT2D eigenvalue weighted by molar-refractivity contribution is -0.122. The molecule has 1 amide bonds. The maximum absolute atomic E-state index is 13.3. The molecule has 1 atom stereocenters. The predicted octanol–water partition coefficient (Wildman–Crippen LogP) is 6.38. The molecule has 4 aromatic rings. The molecule has 0 fully saturated rings. The molecule has 35 heavy (non-hydrogen) atoms. The minimum Gasteiger partial charge on any atom is -0.497 e. The second kappa shape index (κ2) is 9.66. The van der Waals surface area contributed by atoms with Gasteiger partial charge in [-0.3, -0.25) is 9.59 Å². The molecule has 1 N–H and O–H groups in total. The summed E-state index contributed by atoms with van der Waals surface area (Å²) in [5.74, 6) is 0.561. The molecular formula is C29H29NO5. The Hall–Kier alpha value is -4.06. The Morgan fingerprint density at radius 3 is 2.14 bits per heavy atom. The molecule has 0 aliphatic carbocycles. The van der Waals surface area contributed by atoms with Crippen molar-refractivity contribution in [3.63, 3.8) is 0 Å². The van der Waals surface area contributed by atoms with Gasteiger partial charge in [0, 0.05) is 10.9 Å². The summed E-state index contributed by atoms with van der Waals surface area (Å²) in [4.78, 5) is 26.3. The van der Waals surface area contributed by atoms with E-state index in [1.165, 1.54) is 5.56 Å². The molecule has 3 aromatic carbocycles. The van der Waals surface area contributed by atoms with E-state index in [0.717, 1.165) is 0 Å². The Morgan fingerprint density at radius 1 is 0.886 bits per heavy atom. The van der Waals surface area contributed by atoms with Gasteiger partial charge in [-0.1, -0.05) is 45.0 Å². The van der Waals surface area contributed by atoms with Crippen molar-refractivity contribution in [3.05, 3.63) is 89.7 Å². The highest BCUT2D eigenvalue weighted by Crippen LogP contribution is 2.33. The average molecular weight is 472 g/mol. The normalized spacial score (nSPS) is 12.3. The number of amides is 1. The third kappa shape index (κ3) is 5.22. The van der Waals surface area contributed by atoms with Gasteiger partial charge in [-0.25, -0.2) is 0 Å². The van der Waals surface area contributed by atoms with Gasteiger partial charge in [-0.2, -0.15) is 0 Å². The number of methoxy groups -OCH3 is 1. The first kappa shape index (κ1) is 24.1. The van der Waals surface area contributed by atoms with Crippen LogP contribution >= 0.6 is 0 Å². The molecule has 1 unspecified atom stereocenters. The first-order valence-electron chi connectivity index (χ1n) is 11.5. The van der Waals surface area contributed by atoms with Gasteiger partial charge < -0.3 is 19.2 Å². The van der Waals surface area contributed by atoms with E-state index in [4.69, 9.17) is 13.9 Å². The number of anilines is 1. The third-order valence-corrected chi connectivity index (χ3v) is 5.80. The maximum atomic E-state index is 13.3. The number of hydrogen-bond acceptors (Lipinski definition) is 5. The Kier molecular flexibility index (Phi) is 6.65. The van der Waals surface area contributed by atoms with Crippen molar-refractivity contribution in [2.75, 3.05) is 12.4 Å². The van der Waals surface area contributed by atoms with Gasteiger partial charge in [-0.15, -0.1) is 0 Å². The number of benzene rings is 3. The van der Waals surface area contributed by atoms with Crippen LogP contribution in [0.1, 0.15) is 49.4 Å². The SMILES string of the molecule is COc1ccc(C(=O)c2oc3ccccc3c2NC(=O)C(C)Oc2ccc(C(C)(C)C)cc2)cc1. The van der Waals surface area contributed by atoms with Crippen LogP contribution in [0.3, 0.4) is 0 Å². The number of ether oxygens (including phenoxy) is 2. The van der Waals surface area contributed by atoms with Gasteiger partial charge in [0.05, 0.1) is 12.8 Å². The van der Waals surface area contributed by atoms with Crippen LogP contribution in [0.5, 0.6) is 11.5 Å². The smallest absolute Gasteiger partial charge is 0.265 e. The fraction of sp³-hybridized carbons (Fsp3) is 0.241. The minimum atomic E-state index is -0.798. The molecule has 4 rings (SSSR count). The highest BCUT2D eigenvalue weighted by Gasteiger charge is 2.25. The Balaban J connectivity index is 1.58. The second-order valence-corrected chi connectivity index (χ2v) is 9.38. The van der Waals surface area contributed by atoms with E-state index in [0.29, 0.717) is 33.7 Å². The third-order valence-electron chi connectivity index (χ3n) is 5.80. The van der Waals surface area contributed by atoms with Crippen LogP contribution in [0, 0.1) is 0 Å². The van der Waals surface area contributed by atoms with Crippen molar-refractivity contribution in [2.24, 2.45) is 0 Å². The highest BCUT2D eigenvalue weighted by atomic mass is 16.5. The number of hydrogen-bond donors (Lipinski definition) is 1. The highest BCUT2D eigenvalue weighted by molar-refractivity contribution is 6.17. The lowest BCUT2D eigenvalue weighted by atomic mass is 9.87. The Labute approximate surface area is 204 Å².